The minimum Gasteiger partial charge on any atom is -0.495 e. The Morgan fingerprint density at radius 2 is 2.14 bits per heavy atom. The van der Waals surface area contributed by atoms with E-state index in [4.69, 9.17) is 16.3 Å². The van der Waals surface area contributed by atoms with E-state index in [1.807, 2.05) is 0 Å². The molecule has 122 valence electrons. The van der Waals surface area contributed by atoms with Crippen LogP contribution < -0.4 is 10.1 Å². The van der Waals surface area contributed by atoms with Crippen LogP contribution in [0.4, 0.5) is 5.69 Å². The van der Waals surface area contributed by atoms with Gasteiger partial charge in [0.15, 0.2) is 0 Å². The maximum atomic E-state index is 12.0. The number of methoxy groups -OCH3 is 1. The van der Waals surface area contributed by atoms with Gasteiger partial charge in [0.05, 0.1) is 19.1 Å². The smallest absolute Gasteiger partial charge is 0.225 e. The third-order valence-electron chi connectivity index (χ3n) is 3.37. The predicted molar refractivity (Wildman–Crippen MR) is 85.8 cm³/mol. The van der Waals surface area contributed by atoms with Crippen LogP contribution in [0.3, 0.4) is 0 Å². The molecule has 1 amide bonds. The van der Waals surface area contributed by atoms with Crippen molar-refractivity contribution in [2.45, 2.75) is 25.3 Å². The Morgan fingerprint density at radius 3 is 2.68 bits per heavy atom. The molecule has 0 radical (unpaired) electrons. The Balaban J connectivity index is 1.97. The molecule has 22 heavy (non-hydrogen) atoms. The Bertz CT molecular complexity index is 659. The minimum atomic E-state index is -3.28. The molecule has 1 N–H and O–H groups in total. The van der Waals surface area contributed by atoms with Crippen LogP contribution in [0, 0.1) is 0 Å². The van der Waals surface area contributed by atoms with Crippen molar-refractivity contribution < 1.29 is 17.9 Å². The molecule has 0 atom stereocenters. The summed E-state index contributed by atoms with van der Waals surface area (Å²) in [6.45, 7) is 0.179. The van der Waals surface area contributed by atoms with Crippen LogP contribution >= 0.6 is 11.6 Å². The van der Waals surface area contributed by atoms with Gasteiger partial charge in [-0.3, -0.25) is 4.79 Å². The molecule has 1 aromatic carbocycles. The lowest BCUT2D eigenvalue weighted by Crippen LogP contribution is -2.34. The number of amides is 1. The van der Waals surface area contributed by atoms with Crippen LogP contribution in [-0.4, -0.2) is 44.6 Å². The first-order valence-corrected chi connectivity index (χ1v) is 9.14. The van der Waals surface area contributed by atoms with E-state index in [2.05, 4.69) is 5.32 Å². The quantitative estimate of drug-likeness (QED) is 0.820. The normalized spacial score (nSPS) is 14.9. The molecule has 6 nitrogen and oxygen atoms in total. The van der Waals surface area contributed by atoms with Crippen molar-refractivity contribution in [2.24, 2.45) is 0 Å². The van der Waals surface area contributed by atoms with Gasteiger partial charge in [-0.1, -0.05) is 11.6 Å². The number of anilines is 1. The second-order valence-corrected chi connectivity index (χ2v) is 7.62. The number of ether oxygens (including phenoxy) is 1. The van der Waals surface area contributed by atoms with Gasteiger partial charge in [0.2, 0.25) is 15.9 Å². The van der Waals surface area contributed by atoms with Gasteiger partial charge in [-0.25, -0.2) is 8.42 Å². The molecule has 1 aromatic rings. The number of hydrogen-bond acceptors (Lipinski definition) is 4. The van der Waals surface area contributed by atoms with Crippen LogP contribution in [-0.2, 0) is 14.8 Å². The van der Waals surface area contributed by atoms with E-state index >= 15 is 0 Å². The number of nitrogens with one attached hydrogen (secondary N) is 1. The lowest BCUT2D eigenvalue weighted by Gasteiger charge is -2.19. The predicted octanol–water partition coefficient (Wildman–Crippen LogP) is 2.10. The van der Waals surface area contributed by atoms with Gasteiger partial charge in [0, 0.05) is 24.0 Å². The highest BCUT2D eigenvalue weighted by atomic mass is 35.5. The van der Waals surface area contributed by atoms with Gasteiger partial charge in [-0.05, 0) is 31.0 Å². The molecule has 1 saturated carbocycles. The number of hydrogen-bond donors (Lipinski definition) is 1. The van der Waals surface area contributed by atoms with E-state index in [0.717, 1.165) is 12.8 Å². The highest BCUT2D eigenvalue weighted by Gasteiger charge is 2.34. The van der Waals surface area contributed by atoms with Crippen LogP contribution in [0.1, 0.15) is 19.3 Å². The fourth-order valence-electron chi connectivity index (χ4n) is 2.18. The average Bonchev–Trinajstić information content (AvgIpc) is 3.22. The molecule has 1 aliphatic carbocycles. The number of rotatable bonds is 7. The van der Waals surface area contributed by atoms with Gasteiger partial charge in [0.25, 0.3) is 0 Å². The average molecular weight is 347 g/mol. The number of carbonyl (C=O) groups is 1. The molecular formula is C14H19ClN2O4S. The first-order valence-electron chi connectivity index (χ1n) is 6.91. The zero-order valence-electron chi connectivity index (χ0n) is 12.5. The summed E-state index contributed by atoms with van der Waals surface area (Å²) in [5.41, 5.74) is 0.470. The van der Waals surface area contributed by atoms with Gasteiger partial charge in [-0.15, -0.1) is 0 Å². The summed E-state index contributed by atoms with van der Waals surface area (Å²) in [6.07, 6.45) is 2.97. The van der Waals surface area contributed by atoms with Crippen molar-refractivity contribution in [1.82, 2.24) is 4.31 Å². The van der Waals surface area contributed by atoms with E-state index < -0.39 is 10.0 Å². The van der Waals surface area contributed by atoms with E-state index in [1.54, 1.807) is 18.2 Å². The van der Waals surface area contributed by atoms with Crippen molar-refractivity contribution in [1.29, 1.82) is 0 Å². The maximum absolute atomic E-state index is 12.0. The minimum absolute atomic E-state index is 0.0449. The van der Waals surface area contributed by atoms with Crippen molar-refractivity contribution in [3.8, 4) is 5.75 Å². The van der Waals surface area contributed by atoms with Crippen LogP contribution in [0.2, 0.25) is 5.02 Å². The highest BCUT2D eigenvalue weighted by molar-refractivity contribution is 7.88. The molecule has 0 saturated heterocycles. The van der Waals surface area contributed by atoms with Gasteiger partial charge in [0.1, 0.15) is 5.75 Å². The SMILES string of the molecule is COc1ccc(Cl)cc1NC(=O)CCN(C1CC1)S(C)(=O)=O. The van der Waals surface area contributed by atoms with Crippen molar-refractivity contribution in [3.05, 3.63) is 23.2 Å². The first-order chi connectivity index (χ1) is 10.3. The number of sulfonamides is 1. The number of halogens is 1. The number of benzene rings is 1. The van der Waals surface area contributed by atoms with E-state index in [0.29, 0.717) is 16.5 Å². The van der Waals surface area contributed by atoms with Crippen LogP contribution in [0.25, 0.3) is 0 Å². The van der Waals surface area contributed by atoms with Gasteiger partial charge in [-0.2, -0.15) is 4.31 Å². The summed E-state index contributed by atoms with van der Waals surface area (Å²) in [5, 5.41) is 3.18. The lowest BCUT2D eigenvalue weighted by molar-refractivity contribution is -0.116. The Morgan fingerprint density at radius 1 is 1.45 bits per heavy atom. The molecule has 2 rings (SSSR count). The summed E-state index contributed by atoms with van der Waals surface area (Å²) >= 11 is 5.90. The summed E-state index contributed by atoms with van der Waals surface area (Å²) in [5.74, 6) is 0.217. The molecule has 0 heterocycles. The third kappa shape index (κ3) is 4.59. The fraction of sp³-hybridized carbons (Fsp3) is 0.500. The zero-order chi connectivity index (χ0) is 16.3. The summed E-state index contributed by atoms with van der Waals surface area (Å²) < 4.78 is 29.9. The number of carbonyl (C=O) groups excluding carboxylic acids is 1. The van der Waals surface area contributed by atoms with Crippen molar-refractivity contribution in [2.75, 3.05) is 25.2 Å². The highest BCUT2D eigenvalue weighted by Crippen LogP contribution is 2.30. The number of nitrogens with zero attached hydrogens (tertiary/aromatic N) is 1. The van der Waals surface area contributed by atoms with E-state index in [-0.39, 0.29) is 24.9 Å². The Hall–Kier alpha value is -1.31. The summed E-state index contributed by atoms with van der Waals surface area (Å²) in [4.78, 5) is 12.0. The molecule has 8 heteroatoms. The molecule has 0 bridgehead atoms. The molecular weight excluding hydrogens is 328 g/mol. The second kappa shape index (κ2) is 6.85. The van der Waals surface area contributed by atoms with Crippen LogP contribution in [0.5, 0.6) is 5.75 Å². The van der Waals surface area contributed by atoms with E-state index in [9.17, 15) is 13.2 Å². The molecule has 0 unspecified atom stereocenters. The molecule has 0 aliphatic heterocycles. The summed E-state index contributed by atoms with van der Waals surface area (Å²) in [7, 11) is -1.78. The Labute approximate surface area is 135 Å². The zero-order valence-corrected chi connectivity index (χ0v) is 14.1. The monoisotopic (exact) mass is 346 g/mol. The topological polar surface area (TPSA) is 75.7 Å². The third-order valence-corrected chi connectivity index (χ3v) is 4.94. The first kappa shape index (κ1) is 17.1. The summed E-state index contributed by atoms with van der Waals surface area (Å²) in [6, 6.07) is 4.95. The molecule has 0 aromatic heterocycles. The largest absolute Gasteiger partial charge is 0.495 e. The van der Waals surface area contributed by atoms with E-state index in [1.165, 1.54) is 17.7 Å². The van der Waals surface area contributed by atoms with Crippen molar-refractivity contribution >= 4 is 33.2 Å². The molecule has 1 fully saturated rings. The van der Waals surface area contributed by atoms with Crippen LogP contribution in [0.15, 0.2) is 18.2 Å². The van der Waals surface area contributed by atoms with Gasteiger partial charge >= 0.3 is 0 Å². The maximum Gasteiger partial charge on any atom is 0.225 e. The molecule has 1 aliphatic rings. The van der Waals surface area contributed by atoms with Gasteiger partial charge < -0.3 is 10.1 Å². The molecule has 0 spiro atoms. The van der Waals surface area contributed by atoms with Crippen molar-refractivity contribution in [3.63, 3.8) is 0 Å². The fourth-order valence-corrected chi connectivity index (χ4v) is 3.53. The second-order valence-electron chi connectivity index (χ2n) is 5.25. The standard InChI is InChI=1S/C14H19ClN2O4S/c1-21-13-6-3-10(15)9-12(13)16-14(18)7-8-17(11-4-5-11)22(2,19)20/h3,6,9,11H,4-5,7-8H2,1-2H3,(H,16,18). The lowest BCUT2D eigenvalue weighted by atomic mass is 10.2. The Kier molecular flexibility index (Phi) is 5.31.